The van der Waals surface area contributed by atoms with Crippen LogP contribution in [0.5, 0.6) is 0 Å². The topological polar surface area (TPSA) is 50.8 Å². The average molecular weight is 328 g/mol. The fourth-order valence-corrected chi connectivity index (χ4v) is 3.96. The van der Waals surface area contributed by atoms with Crippen LogP contribution in [-0.2, 0) is 4.43 Å². The second kappa shape index (κ2) is 7.11. The van der Waals surface area contributed by atoms with Crippen LogP contribution >= 0.6 is 0 Å². The van der Waals surface area contributed by atoms with Gasteiger partial charge in [-0.05, 0) is 30.1 Å². The number of imidazole rings is 1. The van der Waals surface area contributed by atoms with E-state index in [4.69, 9.17) is 4.43 Å². The maximum Gasteiger partial charge on any atom is 0.171 e. The van der Waals surface area contributed by atoms with Gasteiger partial charge in [0.1, 0.15) is 0 Å². The van der Waals surface area contributed by atoms with Gasteiger partial charge in [0.2, 0.25) is 0 Å². The molecule has 1 aromatic heterocycles. The van der Waals surface area contributed by atoms with Crippen molar-refractivity contribution in [3.05, 3.63) is 54.1 Å². The number of benzene rings is 1. The van der Waals surface area contributed by atoms with Gasteiger partial charge >= 0.3 is 0 Å². The average Bonchev–Trinajstić information content (AvgIpc) is 3.00. The van der Waals surface area contributed by atoms with E-state index >= 15 is 0 Å². The third kappa shape index (κ3) is 4.09. The minimum Gasteiger partial charge on any atom is -0.415 e. The summed E-state index contributed by atoms with van der Waals surface area (Å²) in [5.41, 5.74) is 1.62. The summed E-state index contributed by atoms with van der Waals surface area (Å²) in [5.74, 6) is 0. The molecule has 0 aliphatic rings. The van der Waals surface area contributed by atoms with E-state index in [9.17, 15) is 5.26 Å². The summed E-state index contributed by atoms with van der Waals surface area (Å²) < 4.78 is 8.49. The zero-order valence-electron chi connectivity index (χ0n) is 14.5. The van der Waals surface area contributed by atoms with Crippen LogP contribution in [0.1, 0.15) is 37.9 Å². The van der Waals surface area contributed by atoms with Crippen LogP contribution in [0.3, 0.4) is 0 Å². The molecule has 2 aromatic rings. The highest BCUT2D eigenvalue weighted by Crippen LogP contribution is 2.37. The van der Waals surface area contributed by atoms with E-state index in [0.717, 1.165) is 5.56 Å². The van der Waals surface area contributed by atoms with Crippen molar-refractivity contribution in [2.75, 3.05) is 0 Å². The predicted molar refractivity (Wildman–Crippen MR) is 94.7 cm³/mol. The molecular formula is C18H25N3OSi. The Bertz CT molecular complexity index is 668. The molecule has 5 heteroatoms. The number of aromatic nitrogens is 2. The van der Waals surface area contributed by atoms with Gasteiger partial charge in [-0.3, -0.25) is 0 Å². The highest BCUT2D eigenvalue weighted by molar-refractivity contribution is 6.48. The number of nitriles is 1. The van der Waals surface area contributed by atoms with Crippen molar-refractivity contribution in [1.29, 1.82) is 5.26 Å². The molecular weight excluding hydrogens is 302 g/mol. The fourth-order valence-electron chi connectivity index (χ4n) is 2.82. The fraction of sp³-hybridized carbons (Fsp3) is 0.444. The minimum atomic E-state index is -1.25. The Morgan fingerprint density at radius 2 is 1.96 bits per heavy atom. The van der Waals surface area contributed by atoms with Gasteiger partial charge in [0.15, 0.2) is 9.04 Å². The largest absolute Gasteiger partial charge is 0.415 e. The van der Waals surface area contributed by atoms with E-state index in [2.05, 4.69) is 49.5 Å². The van der Waals surface area contributed by atoms with Crippen LogP contribution < -0.4 is 0 Å². The smallest absolute Gasteiger partial charge is 0.171 e. The lowest BCUT2D eigenvalue weighted by molar-refractivity contribution is 0.0513. The van der Waals surface area contributed by atoms with Crippen molar-refractivity contribution in [2.24, 2.45) is 5.41 Å². The zero-order chi connectivity index (χ0) is 17.0. The second-order valence-corrected chi connectivity index (χ2v) is 9.49. The van der Waals surface area contributed by atoms with Crippen LogP contribution in [0, 0.1) is 16.7 Å². The van der Waals surface area contributed by atoms with E-state index in [-0.39, 0.29) is 17.6 Å². The predicted octanol–water partition coefficient (Wildman–Crippen LogP) is 3.76. The lowest BCUT2D eigenvalue weighted by Gasteiger charge is -2.39. The zero-order valence-corrected chi connectivity index (χ0v) is 15.7. The molecule has 0 saturated carbocycles. The summed E-state index contributed by atoms with van der Waals surface area (Å²) in [4.78, 5) is 4.20. The first kappa shape index (κ1) is 17.5. The van der Waals surface area contributed by atoms with Crippen molar-refractivity contribution in [3.63, 3.8) is 0 Å². The standard InChI is InChI=1S/C18H25N3OSi/c1-18(2,3)17(22-23(4)5)16(21-11-10-20-13-21)15-9-7-6-8-14(15)12-19/h6-11,13,16-17,23H,1-5H3/t16-,17?/m0/s1. The Kier molecular flexibility index (Phi) is 5.40. The molecule has 0 aliphatic heterocycles. The lowest BCUT2D eigenvalue weighted by Crippen LogP contribution is -2.41. The van der Waals surface area contributed by atoms with E-state index in [1.165, 1.54) is 0 Å². The van der Waals surface area contributed by atoms with Gasteiger partial charge in [0.25, 0.3) is 0 Å². The van der Waals surface area contributed by atoms with Crippen molar-refractivity contribution >= 4 is 9.04 Å². The minimum absolute atomic E-state index is 0.0298. The van der Waals surface area contributed by atoms with E-state index < -0.39 is 9.04 Å². The monoisotopic (exact) mass is 327 g/mol. The van der Waals surface area contributed by atoms with E-state index in [1.54, 1.807) is 6.20 Å². The number of nitrogens with zero attached hydrogens (tertiary/aromatic N) is 3. The van der Waals surface area contributed by atoms with Crippen LogP contribution in [0.2, 0.25) is 13.1 Å². The molecule has 23 heavy (non-hydrogen) atoms. The van der Waals surface area contributed by atoms with Crippen molar-refractivity contribution in [3.8, 4) is 6.07 Å². The number of hydrogen-bond donors (Lipinski definition) is 0. The van der Waals surface area contributed by atoms with Crippen LogP contribution in [0.4, 0.5) is 0 Å². The summed E-state index contributed by atoms with van der Waals surface area (Å²) >= 11 is 0. The molecule has 0 radical (unpaired) electrons. The number of rotatable bonds is 5. The molecule has 0 saturated heterocycles. The molecule has 0 amide bonds. The van der Waals surface area contributed by atoms with Gasteiger partial charge in [0, 0.05) is 12.4 Å². The maximum atomic E-state index is 9.52. The summed E-state index contributed by atoms with van der Waals surface area (Å²) in [6, 6.07) is 10.0. The molecule has 1 heterocycles. The van der Waals surface area contributed by atoms with Gasteiger partial charge in [-0.25, -0.2) is 4.98 Å². The van der Waals surface area contributed by atoms with Gasteiger partial charge in [-0.1, -0.05) is 39.0 Å². The van der Waals surface area contributed by atoms with Crippen LogP contribution in [0.25, 0.3) is 0 Å². The molecule has 0 aliphatic carbocycles. The quantitative estimate of drug-likeness (QED) is 0.786. The van der Waals surface area contributed by atoms with Gasteiger partial charge in [0.05, 0.1) is 30.1 Å². The molecule has 1 aromatic carbocycles. The van der Waals surface area contributed by atoms with E-state index in [1.807, 2.05) is 36.8 Å². The van der Waals surface area contributed by atoms with Gasteiger partial charge in [-0.15, -0.1) is 0 Å². The van der Waals surface area contributed by atoms with Crippen molar-refractivity contribution < 1.29 is 4.43 Å². The Hall–Kier alpha value is -1.90. The van der Waals surface area contributed by atoms with E-state index in [0.29, 0.717) is 5.56 Å². The first-order chi connectivity index (χ1) is 10.8. The Morgan fingerprint density at radius 1 is 1.26 bits per heavy atom. The normalized spacial score (nSPS) is 14.5. The first-order valence-corrected chi connectivity index (χ1v) is 10.7. The van der Waals surface area contributed by atoms with Crippen molar-refractivity contribution in [1.82, 2.24) is 9.55 Å². The molecule has 0 N–H and O–H groups in total. The summed E-state index contributed by atoms with van der Waals surface area (Å²) in [6.45, 7) is 10.9. The molecule has 1 unspecified atom stereocenters. The lowest BCUT2D eigenvalue weighted by atomic mass is 9.81. The number of hydrogen-bond acceptors (Lipinski definition) is 3. The SMILES string of the molecule is C[SiH](C)OC([C@H](c1ccccc1C#N)n1ccnc1)C(C)(C)C. The Balaban J connectivity index is 2.60. The third-order valence-electron chi connectivity index (χ3n) is 3.81. The Morgan fingerprint density at radius 3 is 2.48 bits per heavy atom. The molecule has 0 bridgehead atoms. The van der Waals surface area contributed by atoms with Crippen LogP contribution in [0.15, 0.2) is 43.0 Å². The summed E-state index contributed by atoms with van der Waals surface area (Å²) in [7, 11) is -1.25. The molecule has 0 spiro atoms. The molecule has 122 valence electrons. The van der Waals surface area contributed by atoms with Gasteiger partial charge in [-0.2, -0.15) is 5.26 Å². The maximum absolute atomic E-state index is 9.52. The first-order valence-electron chi connectivity index (χ1n) is 7.96. The highest BCUT2D eigenvalue weighted by Gasteiger charge is 2.36. The molecule has 2 rings (SSSR count). The summed E-state index contributed by atoms with van der Waals surface area (Å²) in [6.07, 6.45) is 5.50. The molecule has 4 nitrogen and oxygen atoms in total. The summed E-state index contributed by atoms with van der Waals surface area (Å²) in [5, 5.41) is 9.52. The Labute approximate surface area is 140 Å². The molecule has 2 atom stereocenters. The second-order valence-electron chi connectivity index (χ2n) is 7.13. The van der Waals surface area contributed by atoms with Crippen molar-refractivity contribution in [2.45, 2.75) is 46.0 Å². The van der Waals surface area contributed by atoms with Gasteiger partial charge < -0.3 is 8.99 Å². The highest BCUT2D eigenvalue weighted by atomic mass is 28.3. The third-order valence-corrected chi connectivity index (χ3v) is 4.64. The molecule has 0 fully saturated rings. The van der Waals surface area contributed by atoms with Crippen LogP contribution in [-0.4, -0.2) is 24.7 Å².